The highest BCUT2D eigenvalue weighted by Crippen LogP contribution is 2.30. The minimum atomic E-state index is -3.40. The van der Waals surface area contributed by atoms with Crippen LogP contribution in [0.15, 0.2) is 70.5 Å². The Balaban J connectivity index is 1.61. The largest absolute Gasteiger partial charge is 0.356 e. The Bertz CT molecular complexity index is 1380. The lowest BCUT2D eigenvalue weighted by Crippen LogP contribution is -2.14. The number of nitrogens with zero attached hydrogens (tertiary/aromatic N) is 3. The van der Waals surface area contributed by atoms with Crippen molar-refractivity contribution in [3.05, 3.63) is 72.4 Å². The van der Waals surface area contributed by atoms with Gasteiger partial charge in [0.25, 0.3) is 0 Å². The van der Waals surface area contributed by atoms with Gasteiger partial charge in [0.1, 0.15) is 11.5 Å². The molecule has 0 aliphatic carbocycles. The maximum Gasteiger partial charge on any atom is 0.182 e. The predicted octanol–water partition coefficient (Wildman–Crippen LogP) is 4.51. The van der Waals surface area contributed by atoms with E-state index < -0.39 is 15.1 Å². The summed E-state index contributed by atoms with van der Waals surface area (Å²) in [4.78, 5) is 8.72. The van der Waals surface area contributed by atoms with Gasteiger partial charge >= 0.3 is 0 Å². The molecule has 0 saturated carbocycles. The van der Waals surface area contributed by atoms with Crippen molar-refractivity contribution in [1.29, 1.82) is 0 Å². The fourth-order valence-corrected chi connectivity index (χ4v) is 4.33. The number of hydrogen-bond acceptors (Lipinski definition) is 7. The number of benzene rings is 1. The van der Waals surface area contributed by atoms with E-state index in [1.165, 1.54) is 18.3 Å². The highest BCUT2D eigenvalue weighted by Gasteiger charge is 2.20. The third-order valence-electron chi connectivity index (χ3n) is 5.20. The highest BCUT2D eigenvalue weighted by molar-refractivity contribution is 7.92. The fourth-order valence-electron chi connectivity index (χ4n) is 3.32. The van der Waals surface area contributed by atoms with E-state index >= 15 is 0 Å². The first-order valence-corrected chi connectivity index (χ1v) is 11.9. The first-order valence-electron chi connectivity index (χ1n) is 10.4. The third-order valence-corrected chi connectivity index (χ3v) is 7.34. The quantitative estimate of drug-likeness (QED) is 0.428. The van der Waals surface area contributed by atoms with Crippen molar-refractivity contribution in [3.63, 3.8) is 0 Å². The van der Waals surface area contributed by atoms with Crippen LogP contribution in [-0.4, -0.2) is 35.8 Å². The van der Waals surface area contributed by atoms with Crippen molar-refractivity contribution in [2.75, 3.05) is 7.05 Å². The molecule has 4 rings (SSSR count). The van der Waals surface area contributed by atoms with Crippen LogP contribution in [0.5, 0.6) is 0 Å². The molecule has 1 aromatic carbocycles. The van der Waals surface area contributed by atoms with E-state index in [2.05, 4.69) is 20.4 Å². The van der Waals surface area contributed by atoms with Crippen LogP contribution >= 0.6 is 0 Å². The summed E-state index contributed by atoms with van der Waals surface area (Å²) in [6.07, 6.45) is 4.59. The molecule has 0 amide bonds. The lowest BCUT2D eigenvalue weighted by atomic mass is 10.1. The van der Waals surface area contributed by atoms with Crippen molar-refractivity contribution in [2.45, 2.75) is 30.5 Å². The molecule has 0 saturated heterocycles. The monoisotopic (exact) mass is 466 g/mol. The number of aromatic nitrogens is 3. The second-order valence-electron chi connectivity index (χ2n) is 7.86. The first kappa shape index (κ1) is 22.8. The number of rotatable bonds is 7. The van der Waals surface area contributed by atoms with E-state index in [0.717, 1.165) is 5.56 Å². The molecule has 170 valence electrons. The van der Waals surface area contributed by atoms with Crippen molar-refractivity contribution in [3.8, 4) is 33.8 Å². The molecule has 0 aliphatic rings. The smallest absolute Gasteiger partial charge is 0.182 e. The maximum atomic E-state index is 14.5. The molecule has 0 fully saturated rings. The molecule has 33 heavy (non-hydrogen) atoms. The summed E-state index contributed by atoms with van der Waals surface area (Å²) >= 11 is 0. The van der Waals surface area contributed by atoms with Gasteiger partial charge in [0.15, 0.2) is 15.6 Å². The first-order chi connectivity index (χ1) is 15.8. The fraction of sp³-hybridized carbons (Fsp3) is 0.208. The van der Waals surface area contributed by atoms with Gasteiger partial charge in [-0.25, -0.2) is 12.8 Å². The van der Waals surface area contributed by atoms with E-state index in [9.17, 15) is 12.8 Å². The molecule has 0 unspecified atom stereocenters. The molecule has 0 aliphatic heterocycles. The molecular formula is C24H23FN4O3S. The van der Waals surface area contributed by atoms with Crippen LogP contribution < -0.4 is 5.32 Å². The molecule has 3 heterocycles. The number of sulfone groups is 1. The summed E-state index contributed by atoms with van der Waals surface area (Å²) in [7, 11) is -1.59. The van der Waals surface area contributed by atoms with Crippen LogP contribution in [0.1, 0.15) is 19.4 Å². The van der Waals surface area contributed by atoms with Crippen LogP contribution in [-0.2, 0) is 16.4 Å². The lowest BCUT2D eigenvalue weighted by molar-refractivity contribution is 0.434. The van der Waals surface area contributed by atoms with Gasteiger partial charge in [0, 0.05) is 47.9 Å². The van der Waals surface area contributed by atoms with Gasteiger partial charge in [-0.2, -0.15) is 0 Å². The summed E-state index contributed by atoms with van der Waals surface area (Å²) in [5.74, 6) is 0.0483. The third kappa shape index (κ3) is 4.69. The zero-order chi connectivity index (χ0) is 23.6. The molecule has 9 heteroatoms. The van der Waals surface area contributed by atoms with Gasteiger partial charge in [-0.15, -0.1) is 0 Å². The topological polar surface area (TPSA) is 98.0 Å². The summed E-state index contributed by atoms with van der Waals surface area (Å²) in [6.45, 7) is 3.83. The van der Waals surface area contributed by atoms with Gasteiger partial charge in [-0.05, 0) is 56.8 Å². The Morgan fingerprint density at radius 3 is 2.45 bits per heavy atom. The van der Waals surface area contributed by atoms with Crippen molar-refractivity contribution in [2.24, 2.45) is 0 Å². The summed E-state index contributed by atoms with van der Waals surface area (Å²) in [5, 5.41) is 6.48. The number of nitrogens with one attached hydrogen (secondary N) is 1. The molecule has 0 bridgehead atoms. The van der Waals surface area contributed by atoms with E-state index in [1.54, 1.807) is 51.5 Å². The van der Waals surface area contributed by atoms with Crippen molar-refractivity contribution in [1.82, 2.24) is 20.4 Å². The van der Waals surface area contributed by atoms with Gasteiger partial charge < -0.3 is 9.84 Å². The van der Waals surface area contributed by atoms with Crippen molar-refractivity contribution >= 4 is 9.84 Å². The van der Waals surface area contributed by atoms with Crippen LogP contribution in [0, 0.1) is 5.82 Å². The second kappa shape index (κ2) is 9.21. The lowest BCUT2D eigenvalue weighted by Gasteiger charge is -2.08. The van der Waals surface area contributed by atoms with Crippen molar-refractivity contribution < 1.29 is 17.3 Å². The van der Waals surface area contributed by atoms with Crippen LogP contribution in [0.2, 0.25) is 0 Å². The van der Waals surface area contributed by atoms with E-state index in [1.807, 2.05) is 12.1 Å². The van der Waals surface area contributed by atoms with Gasteiger partial charge in [0.2, 0.25) is 0 Å². The Hall–Kier alpha value is -3.43. The minimum Gasteiger partial charge on any atom is -0.356 e. The maximum absolute atomic E-state index is 14.5. The van der Waals surface area contributed by atoms with Crippen LogP contribution in [0.4, 0.5) is 4.39 Å². The molecule has 0 spiro atoms. The predicted molar refractivity (Wildman–Crippen MR) is 123 cm³/mol. The number of halogens is 1. The molecular weight excluding hydrogens is 443 g/mol. The van der Waals surface area contributed by atoms with Gasteiger partial charge in [0.05, 0.1) is 15.8 Å². The zero-order valence-corrected chi connectivity index (χ0v) is 19.2. The van der Waals surface area contributed by atoms with E-state index in [-0.39, 0.29) is 10.7 Å². The zero-order valence-electron chi connectivity index (χ0n) is 18.4. The Morgan fingerprint density at radius 2 is 1.79 bits per heavy atom. The minimum absolute atomic E-state index is 0.174. The molecule has 0 radical (unpaired) electrons. The van der Waals surface area contributed by atoms with Gasteiger partial charge in [-0.1, -0.05) is 11.2 Å². The second-order valence-corrected chi connectivity index (χ2v) is 10.4. The average molecular weight is 467 g/mol. The average Bonchev–Trinajstić information content (AvgIpc) is 3.29. The Kier molecular flexibility index (Phi) is 6.35. The standard InChI is InChI=1S/C24H23FN4O3S/c1-15(2)33(30,31)19-5-7-22(28-14-19)17-9-18(13-27-12-17)24-10-23(29-32-24)20-6-4-16(11-26-3)8-21(20)25/h4-10,12-15,26H,11H2,1-3H3. The SMILES string of the molecule is CNCc1ccc(-c2cc(-c3cncc(-c4ccc(S(=O)(=O)C(C)C)cn4)c3)on2)c(F)c1. The normalized spacial score (nSPS) is 11.8. The van der Waals surface area contributed by atoms with Gasteiger partial charge in [-0.3, -0.25) is 9.97 Å². The van der Waals surface area contributed by atoms with E-state index in [0.29, 0.717) is 40.4 Å². The van der Waals surface area contributed by atoms with E-state index in [4.69, 9.17) is 4.52 Å². The van der Waals surface area contributed by atoms with Crippen LogP contribution in [0.3, 0.4) is 0 Å². The molecule has 7 nitrogen and oxygen atoms in total. The molecule has 0 atom stereocenters. The van der Waals surface area contributed by atoms with Crippen LogP contribution in [0.25, 0.3) is 33.8 Å². The molecule has 1 N–H and O–H groups in total. The number of pyridine rings is 2. The Morgan fingerprint density at radius 1 is 1.00 bits per heavy atom. The Labute approximate surface area is 191 Å². The highest BCUT2D eigenvalue weighted by atomic mass is 32.2. The summed E-state index contributed by atoms with van der Waals surface area (Å²) in [5.41, 5.74) is 3.44. The molecule has 4 aromatic rings. The summed E-state index contributed by atoms with van der Waals surface area (Å²) < 4.78 is 44.6. The molecule has 3 aromatic heterocycles. The number of hydrogen-bond donors (Lipinski definition) is 1. The summed E-state index contributed by atoms with van der Waals surface area (Å²) in [6, 6.07) is 11.6.